The highest BCUT2D eigenvalue weighted by Crippen LogP contribution is 2.34. The van der Waals surface area contributed by atoms with Crippen molar-refractivity contribution in [3.8, 4) is 11.1 Å². The van der Waals surface area contributed by atoms with Gasteiger partial charge in [0.05, 0.1) is 0 Å². The maximum Gasteiger partial charge on any atom is 0.0415 e. The van der Waals surface area contributed by atoms with Crippen molar-refractivity contribution >= 4 is 17.0 Å². The van der Waals surface area contributed by atoms with Crippen LogP contribution in [-0.4, -0.2) is 5.71 Å². The molecule has 136 valence electrons. The summed E-state index contributed by atoms with van der Waals surface area (Å²) in [5, 5.41) is 10.8. The second kappa shape index (κ2) is 9.19. The second-order valence-corrected chi connectivity index (χ2v) is 7.02. The van der Waals surface area contributed by atoms with E-state index in [1.165, 1.54) is 27.8 Å². The molecule has 0 aromatic heterocycles. The van der Waals surface area contributed by atoms with Crippen LogP contribution >= 0.6 is 0 Å². The van der Waals surface area contributed by atoms with Crippen molar-refractivity contribution in [2.75, 3.05) is 5.32 Å². The summed E-state index contributed by atoms with van der Waals surface area (Å²) < 4.78 is 0. The zero-order valence-electron chi connectivity index (χ0n) is 16.4. The number of rotatable bonds is 8. The summed E-state index contributed by atoms with van der Waals surface area (Å²) in [5.41, 5.74) is 7.79. The lowest BCUT2D eigenvalue weighted by Crippen LogP contribution is -1.99. The Morgan fingerprint density at radius 2 is 1.92 bits per heavy atom. The van der Waals surface area contributed by atoms with Crippen LogP contribution in [0.4, 0.5) is 5.69 Å². The Kier molecular flexibility index (Phi) is 6.97. The Hall–Kier alpha value is -2.61. The van der Waals surface area contributed by atoms with Crippen LogP contribution in [0.2, 0.25) is 0 Å². The predicted molar refractivity (Wildman–Crippen MR) is 116 cm³/mol. The Bertz CT molecular complexity index is 813. The van der Waals surface area contributed by atoms with Gasteiger partial charge in [0.25, 0.3) is 0 Å². The maximum atomic E-state index is 7.51. The third-order valence-electron chi connectivity index (χ3n) is 4.42. The highest BCUT2D eigenvalue weighted by molar-refractivity contribution is 5.90. The van der Waals surface area contributed by atoms with Gasteiger partial charge in [0.1, 0.15) is 0 Å². The summed E-state index contributed by atoms with van der Waals surface area (Å²) >= 11 is 0. The summed E-state index contributed by atoms with van der Waals surface area (Å²) in [6.07, 6.45) is 5.72. The smallest absolute Gasteiger partial charge is 0.0415 e. The van der Waals surface area contributed by atoms with Crippen LogP contribution in [0.5, 0.6) is 0 Å². The van der Waals surface area contributed by atoms with Gasteiger partial charge in [0.2, 0.25) is 0 Å². The van der Waals surface area contributed by atoms with Gasteiger partial charge < -0.3 is 10.7 Å². The highest BCUT2D eigenvalue weighted by Gasteiger charge is 2.12. The molecule has 0 radical (unpaired) electrons. The number of hydrogen-bond donors (Lipinski definition) is 2. The molecule has 0 saturated carbocycles. The molecule has 2 nitrogen and oxygen atoms in total. The first-order valence-corrected chi connectivity index (χ1v) is 9.33. The van der Waals surface area contributed by atoms with Crippen LogP contribution in [0.15, 0.2) is 61.3 Å². The molecular weight excluding hydrogens is 316 g/mol. The lowest BCUT2D eigenvalue weighted by Gasteiger charge is -2.17. The molecule has 0 atom stereocenters. The van der Waals surface area contributed by atoms with Gasteiger partial charge in [-0.3, -0.25) is 0 Å². The Labute approximate surface area is 158 Å². The molecule has 2 N–H and O–H groups in total. The number of nitrogens with one attached hydrogen (secondary N) is 2. The van der Waals surface area contributed by atoms with E-state index in [9.17, 15) is 0 Å². The fourth-order valence-corrected chi connectivity index (χ4v) is 3.08. The third-order valence-corrected chi connectivity index (χ3v) is 4.42. The van der Waals surface area contributed by atoms with Gasteiger partial charge in [0, 0.05) is 17.6 Å². The van der Waals surface area contributed by atoms with Crippen LogP contribution in [-0.2, 0) is 0 Å². The minimum absolute atomic E-state index is 0.401. The van der Waals surface area contributed by atoms with Gasteiger partial charge in [0.15, 0.2) is 0 Å². The Morgan fingerprint density at radius 1 is 1.19 bits per heavy atom. The molecule has 2 heteroatoms. The molecule has 2 aromatic carbocycles. The fraction of sp³-hybridized carbons (Fsp3) is 0.292. The molecule has 2 aromatic rings. The first-order chi connectivity index (χ1) is 12.4. The van der Waals surface area contributed by atoms with E-state index in [1.807, 2.05) is 6.20 Å². The first-order valence-electron chi connectivity index (χ1n) is 9.33. The molecule has 0 aliphatic heterocycles. The largest absolute Gasteiger partial charge is 0.361 e. The van der Waals surface area contributed by atoms with E-state index in [0.717, 1.165) is 18.5 Å². The van der Waals surface area contributed by atoms with Crippen LogP contribution in [0, 0.1) is 5.41 Å². The van der Waals surface area contributed by atoms with E-state index in [-0.39, 0.29) is 0 Å². The summed E-state index contributed by atoms with van der Waals surface area (Å²) in [6, 6.07) is 15.1. The molecular formula is C24H30N2. The highest BCUT2D eigenvalue weighted by atomic mass is 14.8. The molecule has 0 aliphatic carbocycles. The van der Waals surface area contributed by atoms with Crippen LogP contribution < -0.4 is 5.32 Å². The summed E-state index contributed by atoms with van der Waals surface area (Å²) in [6.45, 7) is 12.7. The molecule has 0 bridgehead atoms. The quantitative estimate of drug-likeness (QED) is 0.485. The van der Waals surface area contributed by atoms with Gasteiger partial charge in [-0.1, -0.05) is 64.1 Å². The molecule has 0 amide bonds. The van der Waals surface area contributed by atoms with E-state index < -0.39 is 0 Å². The number of hydrogen-bond acceptors (Lipinski definition) is 2. The zero-order valence-corrected chi connectivity index (χ0v) is 16.4. The van der Waals surface area contributed by atoms with Gasteiger partial charge in [-0.15, -0.1) is 0 Å². The van der Waals surface area contributed by atoms with Crippen molar-refractivity contribution < 1.29 is 0 Å². The summed E-state index contributed by atoms with van der Waals surface area (Å²) in [4.78, 5) is 0. The molecule has 0 saturated heterocycles. The number of allylic oxidation sites excluding steroid dienone is 2. The van der Waals surface area contributed by atoms with E-state index in [0.29, 0.717) is 11.6 Å². The lowest BCUT2D eigenvalue weighted by atomic mass is 9.90. The van der Waals surface area contributed by atoms with Crippen molar-refractivity contribution in [3.05, 3.63) is 72.4 Å². The van der Waals surface area contributed by atoms with Crippen molar-refractivity contribution in [1.82, 2.24) is 0 Å². The third kappa shape index (κ3) is 4.95. The van der Waals surface area contributed by atoms with Gasteiger partial charge in [-0.2, -0.15) is 0 Å². The van der Waals surface area contributed by atoms with E-state index in [1.54, 1.807) is 13.0 Å². The van der Waals surface area contributed by atoms with Crippen molar-refractivity contribution in [2.24, 2.45) is 0 Å². The topological polar surface area (TPSA) is 35.9 Å². The van der Waals surface area contributed by atoms with Crippen LogP contribution in [0.3, 0.4) is 0 Å². The maximum absolute atomic E-state index is 7.51. The molecule has 26 heavy (non-hydrogen) atoms. The van der Waals surface area contributed by atoms with E-state index in [2.05, 4.69) is 75.1 Å². The standard InChI is InChI=1S/C24H30N2/c1-6-9-18(4)21-10-7-8-11-22(21)20-12-13-24(23(16-20)17(2)3)26-15-14-19(5)25/h7-8,10-17,25-26H,4,6,9H2,1-3,5H3/b15-14-,25-19?. The van der Waals surface area contributed by atoms with Crippen molar-refractivity contribution in [2.45, 2.75) is 46.5 Å². The lowest BCUT2D eigenvalue weighted by molar-refractivity contribution is 0.869. The minimum Gasteiger partial charge on any atom is -0.361 e. The van der Waals surface area contributed by atoms with Gasteiger partial charge >= 0.3 is 0 Å². The SMILES string of the molecule is C=C(CCC)c1ccccc1-c1ccc(N/C=C\C(C)=N)c(C(C)C)c1. The summed E-state index contributed by atoms with van der Waals surface area (Å²) in [7, 11) is 0. The molecule has 0 heterocycles. The number of benzene rings is 2. The van der Waals surface area contributed by atoms with E-state index in [4.69, 9.17) is 5.41 Å². The zero-order chi connectivity index (χ0) is 19.1. The normalized spacial score (nSPS) is 11.1. The van der Waals surface area contributed by atoms with Crippen LogP contribution in [0.1, 0.15) is 57.6 Å². The molecule has 0 aliphatic rings. The minimum atomic E-state index is 0.401. The monoisotopic (exact) mass is 346 g/mol. The Morgan fingerprint density at radius 3 is 2.58 bits per heavy atom. The molecule has 0 unspecified atom stereocenters. The summed E-state index contributed by atoms with van der Waals surface area (Å²) in [5.74, 6) is 0.401. The van der Waals surface area contributed by atoms with Gasteiger partial charge in [-0.25, -0.2) is 0 Å². The Balaban J connectivity index is 2.44. The first kappa shape index (κ1) is 19.7. The van der Waals surface area contributed by atoms with Crippen molar-refractivity contribution in [1.29, 1.82) is 5.41 Å². The molecule has 0 fully saturated rings. The average Bonchev–Trinajstić information content (AvgIpc) is 2.61. The van der Waals surface area contributed by atoms with Crippen molar-refractivity contribution in [3.63, 3.8) is 0 Å². The molecule has 2 rings (SSSR count). The predicted octanol–water partition coefficient (Wildman–Crippen LogP) is 7.26. The number of anilines is 1. The fourth-order valence-electron chi connectivity index (χ4n) is 3.08. The average molecular weight is 347 g/mol. The molecule has 0 spiro atoms. The second-order valence-electron chi connectivity index (χ2n) is 7.02. The van der Waals surface area contributed by atoms with Crippen LogP contribution in [0.25, 0.3) is 16.7 Å². The van der Waals surface area contributed by atoms with Gasteiger partial charge in [-0.05, 0) is 65.3 Å². The van der Waals surface area contributed by atoms with E-state index >= 15 is 0 Å².